The van der Waals surface area contributed by atoms with Crippen molar-refractivity contribution in [3.05, 3.63) is 27.9 Å². The molecule has 0 saturated heterocycles. The third kappa shape index (κ3) is 4.67. The molecule has 1 aromatic rings. The lowest BCUT2D eigenvalue weighted by molar-refractivity contribution is -0.385. The Morgan fingerprint density at radius 2 is 2.22 bits per heavy atom. The Balaban J connectivity index is 2.35. The van der Waals surface area contributed by atoms with E-state index < -0.39 is 4.92 Å². The summed E-state index contributed by atoms with van der Waals surface area (Å²) in [4.78, 5) is 14.3. The van der Waals surface area contributed by atoms with Crippen LogP contribution < -0.4 is 5.32 Å². The van der Waals surface area contributed by atoms with Gasteiger partial charge in [-0.2, -0.15) is 0 Å². The number of aryl methyl sites for hydroxylation is 1. The van der Waals surface area contributed by atoms with Gasteiger partial charge in [0.2, 0.25) is 0 Å². The molecule has 1 heterocycles. The van der Waals surface area contributed by atoms with Gasteiger partial charge in [0.25, 0.3) is 5.69 Å². The van der Waals surface area contributed by atoms with Crippen molar-refractivity contribution in [2.24, 2.45) is 0 Å². The fourth-order valence-corrected chi connectivity index (χ4v) is 1.44. The molecule has 100 valence electrons. The highest BCUT2D eigenvalue weighted by Gasteiger charge is 2.11. The quantitative estimate of drug-likeness (QED) is 0.437. The van der Waals surface area contributed by atoms with Crippen molar-refractivity contribution >= 4 is 11.5 Å². The summed E-state index contributed by atoms with van der Waals surface area (Å²) in [6.45, 7) is 5.77. The minimum atomic E-state index is -0.431. The van der Waals surface area contributed by atoms with E-state index in [1.807, 2.05) is 0 Å². The molecule has 1 rings (SSSR count). The molecule has 6 nitrogen and oxygen atoms in total. The van der Waals surface area contributed by atoms with Gasteiger partial charge in [0.05, 0.1) is 11.5 Å². The third-order valence-electron chi connectivity index (χ3n) is 2.45. The van der Waals surface area contributed by atoms with Gasteiger partial charge >= 0.3 is 0 Å². The van der Waals surface area contributed by atoms with E-state index in [1.54, 1.807) is 13.0 Å². The zero-order valence-electron chi connectivity index (χ0n) is 10.8. The van der Waals surface area contributed by atoms with Crippen molar-refractivity contribution in [3.8, 4) is 0 Å². The molecule has 1 aromatic heterocycles. The lowest BCUT2D eigenvalue weighted by Crippen LogP contribution is -2.11. The SMILES string of the molecule is CCCCOCCNc1ccc([N+](=O)[O-])c(C)n1. The van der Waals surface area contributed by atoms with Gasteiger partial charge < -0.3 is 10.1 Å². The minimum absolute atomic E-state index is 0.0414. The molecule has 0 unspecified atom stereocenters. The molecule has 6 heteroatoms. The summed E-state index contributed by atoms with van der Waals surface area (Å²) < 4.78 is 5.39. The van der Waals surface area contributed by atoms with Crippen LogP contribution in [0.3, 0.4) is 0 Å². The monoisotopic (exact) mass is 253 g/mol. The molecule has 0 aliphatic heterocycles. The summed E-state index contributed by atoms with van der Waals surface area (Å²) in [5, 5.41) is 13.7. The Morgan fingerprint density at radius 3 is 2.83 bits per heavy atom. The number of hydrogen-bond acceptors (Lipinski definition) is 5. The van der Waals surface area contributed by atoms with Gasteiger partial charge in [0, 0.05) is 19.2 Å². The summed E-state index contributed by atoms with van der Waals surface area (Å²) in [5.74, 6) is 0.636. The Kier molecular flexibility index (Phi) is 6.07. The van der Waals surface area contributed by atoms with E-state index in [0.717, 1.165) is 19.4 Å². The third-order valence-corrected chi connectivity index (χ3v) is 2.45. The van der Waals surface area contributed by atoms with Gasteiger partial charge in [-0.15, -0.1) is 0 Å². The highest BCUT2D eigenvalue weighted by Crippen LogP contribution is 2.17. The van der Waals surface area contributed by atoms with Gasteiger partial charge in [-0.1, -0.05) is 13.3 Å². The zero-order chi connectivity index (χ0) is 13.4. The second-order valence-corrected chi connectivity index (χ2v) is 3.95. The van der Waals surface area contributed by atoms with Crippen molar-refractivity contribution < 1.29 is 9.66 Å². The molecule has 0 radical (unpaired) electrons. The maximum atomic E-state index is 10.6. The lowest BCUT2D eigenvalue weighted by Gasteiger charge is -2.07. The summed E-state index contributed by atoms with van der Waals surface area (Å²) in [5.41, 5.74) is 0.455. The summed E-state index contributed by atoms with van der Waals surface area (Å²) in [7, 11) is 0. The predicted molar refractivity (Wildman–Crippen MR) is 69.8 cm³/mol. The second-order valence-electron chi connectivity index (χ2n) is 3.95. The van der Waals surface area contributed by atoms with E-state index in [9.17, 15) is 10.1 Å². The molecule has 0 bridgehead atoms. The maximum Gasteiger partial charge on any atom is 0.290 e. The average Bonchev–Trinajstić information content (AvgIpc) is 2.33. The number of hydrogen-bond donors (Lipinski definition) is 1. The van der Waals surface area contributed by atoms with Crippen LogP contribution in [0.5, 0.6) is 0 Å². The Hall–Kier alpha value is -1.69. The number of unbranched alkanes of at least 4 members (excludes halogenated alkanes) is 1. The molecule has 0 aliphatic rings. The first kappa shape index (κ1) is 14.4. The molecule has 1 N–H and O–H groups in total. The van der Waals surface area contributed by atoms with E-state index in [1.165, 1.54) is 6.07 Å². The van der Waals surface area contributed by atoms with Gasteiger partial charge in [-0.3, -0.25) is 10.1 Å². The first-order valence-corrected chi connectivity index (χ1v) is 6.08. The number of nitro groups is 1. The highest BCUT2D eigenvalue weighted by atomic mass is 16.6. The van der Waals surface area contributed by atoms with Gasteiger partial charge in [-0.05, 0) is 19.4 Å². The number of pyridine rings is 1. The van der Waals surface area contributed by atoms with Gasteiger partial charge in [0.1, 0.15) is 11.5 Å². The van der Waals surface area contributed by atoms with Crippen LogP contribution in [-0.2, 0) is 4.74 Å². The summed E-state index contributed by atoms with van der Waals surface area (Å²) >= 11 is 0. The number of nitrogens with one attached hydrogen (secondary N) is 1. The van der Waals surface area contributed by atoms with E-state index in [0.29, 0.717) is 24.7 Å². The molecule has 0 atom stereocenters. The molecule has 0 amide bonds. The van der Waals surface area contributed by atoms with E-state index in [-0.39, 0.29) is 5.69 Å². The number of nitrogens with zero attached hydrogens (tertiary/aromatic N) is 2. The van der Waals surface area contributed by atoms with Crippen LogP contribution in [0.25, 0.3) is 0 Å². The second kappa shape index (κ2) is 7.60. The van der Waals surface area contributed by atoms with Crippen molar-refractivity contribution in [1.29, 1.82) is 0 Å². The predicted octanol–water partition coefficient (Wildman–Crippen LogP) is 2.53. The van der Waals surface area contributed by atoms with Gasteiger partial charge in [0.15, 0.2) is 0 Å². The normalized spacial score (nSPS) is 10.3. The van der Waals surface area contributed by atoms with Crippen LogP contribution >= 0.6 is 0 Å². The highest BCUT2D eigenvalue weighted by molar-refractivity contribution is 5.44. The van der Waals surface area contributed by atoms with Crippen LogP contribution in [-0.4, -0.2) is 29.7 Å². The Morgan fingerprint density at radius 1 is 1.44 bits per heavy atom. The zero-order valence-corrected chi connectivity index (χ0v) is 10.8. The molecule has 0 aromatic carbocycles. The van der Waals surface area contributed by atoms with E-state index >= 15 is 0 Å². The number of anilines is 1. The van der Waals surface area contributed by atoms with E-state index in [4.69, 9.17) is 4.74 Å². The number of rotatable bonds is 8. The van der Waals surface area contributed by atoms with Gasteiger partial charge in [-0.25, -0.2) is 4.98 Å². The van der Waals surface area contributed by atoms with Crippen molar-refractivity contribution in [1.82, 2.24) is 4.98 Å². The molecular weight excluding hydrogens is 234 g/mol. The van der Waals surface area contributed by atoms with Crippen LogP contribution in [0.15, 0.2) is 12.1 Å². The first-order valence-electron chi connectivity index (χ1n) is 6.08. The maximum absolute atomic E-state index is 10.6. The standard InChI is InChI=1S/C12H19N3O3/c1-3-4-8-18-9-7-13-12-6-5-11(15(16)17)10(2)14-12/h5-6H,3-4,7-9H2,1-2H3,(H,13,14). The van der Waals surface area contributed by atoms with Crippen molar-refractivity contribution in [3.63, 3.8) is 0 Å². The summed E-state index contributed by atoms with van der Waals surface area (Å²) in [6, 6.07) is 3.07. The molecular formula is C12H19N3O3. The smallest absolute Gasteiger partial charge is 0.290 e. The molecule has 18 heavy (non-hydrogen) atoms. The van der Waals surface area contributed by atoms with Crippen LogP contribution in [0.4, 0.5) is 11.5 Å². The minimum Gasteiger partial charge on any atom is -0.380 e. The average molecular weight is 253 g/mol. The fourth-order valence-electron chi connectivity index (χ4n) is 1.44. The van der Waals surface area contributed by atoms with Crippen LogP contribution in [0, 0.1) is 17.0 Å². The lowest BCUT2D eigenvalue weighted by atomic mass is 10.3. The first-order chi connectivity index (χ1) is 8.65. The van der Waals surface area contributed by atoms with E-state index in [2.05, 4.69) is 17.2 Å². The van der Waals surface area contributed by atoms with Crippen molar-refractivity contribution in [2.45, 2.75) is 26.7 Å². The van der Waals surface area contributed by atoms with Crippen LogP contribution in [0.1, 0.15) is 25.5 Å². The topological polar surface area (TPSA) is 77.3 Å². The largest absolute Gasteiger partial charge is 0.380 e. The summed E-state index contributed by atoms with van der Waals surface area (Å²) in [6.07, 6.45) is 2.19. The van der Waals surface area contributed by atoms with Crippen LogP contribution in [0.2, 0.25) is 0 Å². The Bertz CT molecular complexity index is 396. The molecule has 0 saturated carbocycles. The molecule has 0 aliphatic carbocycles. The molecule has 0 fully saturated rings. The number of aromatic nitrogens is 1. The van der Waals surface area contributed by atoms with Crippen molar-refractivity contribution in [2.75, 3.05) is 25.1 Å². The number of ether oxygens (including phenoxy) is 1. The Labute approximate surface area is 107 Å². The fraction of sp³-hybridized carbons (Fsp3) is 0.583. The molecule has 0 spiro atoms.